The van der Waals surface area contributed by atoms with Gasteiger partial charge in [0.2, 0.25) is 0 Å². The Labute approximate surface area is 99.1 Å². The predicted octanol–water partition coefficient (Wildman–Crippen LogP) is 4.11. The summed E-state index contributed by atoms with van der Waals surface area (Å²) >= 11 is 0. The van der Waals surface area contributed by atoms with Gasteiger partial charge in [0.05, 0.1) is 12.1 Å². The average Bonchev–Trinajstić information content (AvgIpc) is 2.39. The first-order chi connectivity index (χ1) is 7.66. The zero-order chi connectivity index (χ0) is 13.7. The molecule has 0 rings (SSSR count). The van der Waals surface area contributed by atoms with Crippen molar-refractivity contribution in [3.63, 3.8) is 0 Å². The molecule has 0 radical (unpaired) electrons. The number of nitriles is 2. The van der Waals surface area contributed by atoms with Crippen molar-refractivity contribution in [2.75, 3.05) is 0 Å². The Bertz CT molecular complexity index is 230. The van der Waals surface area contributed by atoms with Crippen molar-refractivity contribution in [2.45, 2.75) is 0 Å². The molecule has 0 amide bonds. The molecule has 0 heterocycles. The van der Waals surface area contributed by atoms with Gasteiger partial charge in [0, 0.05) is 12.2 Å². The number of rotatable bonds is 2. The van der Waals surface area contributed by atoms with Gasteiger partial charge in [0.1, 0.15) is 0 Å². The van der Waals surface area contributed by atoms with Gasteiger partial charge in [-0.1, -0.05) is 63.8 Å². The van der Waals surface area contributed by atoms with Crippen LogP contribution in [0, 0.1) is 22.7 Å². The molecular formula is C14H18N2. The molecule has 0 aliphatic rings. The van der Waals surface area contributed by atoms with Crippen LogP contribution in [0.3, 0.4) is 0 Å². The highest BCUT2D eigenvalue weighted by Crippen LogP contribution is 1.53. The van der Waals surface area contributed by atoms with Crippen molar-refractivity contribution in [1.82, 2.24) is 0 Å². The van der Waals surface area contributed by atoms with E-state index in [1.54, 1.807) is 36.4 Å². The summed E-state index contributed by atoms with van der Waals surface area (Å²) in [7, 11) is 0. The lowest BCUT2D eigenvalue weighted by atomic mass is 10.6. The van der Waals surface area contributed by atoms with Crippen LogP contribution in [0.4, 0.5) is 0 Å². The first kappa shape index (κ1) is 23.3. The lowest BCUT2D eigenvalue weighted by Crippen LogP contribution is -1.23. The molecule has 0 unspecified atom stereocenters. The molecule has 84 valence electrons. The van der Waals surface area contributed by atoms with Crippen LogP contribution in [-0.2, 0) is 0 Å². The van der Waals surface area contributed by atoms with Crippen molar-refractivity contribution in [3.05, 3.63) is 75.9 Å². The molecule has 0 N–H and O–H groups in total. The quantitative estimate of drug-likeness (QED) is 0.513. The summed E-state index contributed by atoms with van der Waals surface area (Å²) in [6.45, 7) is 19.7. The van der Waals surface area contributed by atoms with E-state index in [4.69, 9.17) is 10.5 Å². The molecule has 0 fully saturated rings. The average molecular weight is 214 g/mol. The van der Waals surface area contributed by atoms with Gasteiger partial charge in [-0.05, 0) is 0 Å². The molecule has 2 nitrogen and oxygen atoms in total. The number of hydrogen-bond acceptors (Lipinski definition) is 2. The fourth-order valence-corrected chi connectivity index (χ4v) is 0. The third-order valence-corrected chi connectivity index (χ3v) is 0.516. The molecule has 0 aliphatic heterocycles. The van der Waals surface area contributed by atoms with Gasteiger partial charge in [0.25, 0.3) is 0 Å². The van der Waals surface area contributed by atoms with Crippen LogP contribution >= 0.6 is 0 Å². The van der Waals surface area contributed by atoms with Crippen LogP contribution in [0.25, 0.3) is 0 Å². The molecule has 0 spiro atoms. The van der Waals surface area contributed by atoms with Crippen LogP contribution in [0.2, 0.25) is 0 Å². The van der Waals surface area contributed by atoms with Gasteiger partial charge in [-0.25, -0.2) is 0 Å². The van der Waals surface area contributed by atoms with Crippen LogP contribution in [0.1, 0.15) is 0 Å². The maximum atomic E-state index is 7.51. The summed E-state index contributed by atoms with van der Waals surface area (Å²) in [4.78, 5) is 0. The second-order valence-corrected chi connectivity index (χ2v) is 1.61. The van der Waals surface area contributed by atoms with Crippen molar-refractivity contribution in [1.29, 1.82) is 10.5 Å². The van der Waals surface area contributed by atoms with E-state index in [0.29, 0.717) is 0 Å². The Morgan fingerprint density at radius 3 is 0.688 bits per heavy atom. The van der Waals surface area contributed by atoms with E-state index in [2.05, 4.69) is 39.5 Å². The smallest absolute Gasteiger partial charge is 0.0905 e. The molecule has 0 atom stereocenters. The van der Waals surface area contributed by atoms with E-state index >= 15 is 0 Å². The van der Waals surface area contributed by atoms with Gasteiger partial charge in [-0.15, -0.1) is 0 Å². The molecule has 0 saturated carbocycles. The first-order valence-corrected chi connectivity index (χ1v) is 4.14. The Kier molecular flexibility index (Phi) is 80.4. The Morgan fingerprint density at radius 1 is 0.562 bits per heavy atom. The van der Waals surface area contributed by atoms with Gasteiger partial charge in [-0.3, -0.25) is 0 Å². The highest BCUT2D eigenvalue weighted by atomic mass is 14.2. The van der Waals surface area contributed by atoms with Crippen molar-refractivity contribution >= 4 is 0 Å². The standard InChI is InChI=1S/2C4H6.2C3H3N/c2*1-3-4-2;2*1-2-3-4/h2*3-4H,1-2H2;2*2H,1H2. The van der Waals surface area contributed by atoms with Crippen LogP contribution in [0.5, 0.6) is 0 Å². The molecule has 0 saturated heterocycles. The second kappa shape index (κ2) is 55.1. The molecular weight excluding hydrogens is 196 g/mol. The Balaban J connectivity index is -0.0000000600. The van der Waals surface area contributed by atoms with Gasteiger partial charge in [0.15, 0.2) is 0 Å². The second-order valence-electron chi connectivity index (χ2n) is 1.61. The molecule has 0 aromatic heterocycles. The Hall–Kier alpha value is -2.58. The fourth-order valence-electron chi connectivity index (χ4n) is 0. The highest BCUT2D eigenvalue weighted by Gasteiger charge is 1.34. The van der Waals surface area contributed by atoms with Gasteiger partial charge >= 0.3 is 0 Å². The minimum Gasteiger partial charge on any atom is -0.193 e. The van der Waals surface area contributed by atoms with E-state index in [1.807, 2.05) is 0 Å². The summed E-state index contributed by atoms with van der Waals surface area (Å²) in [5.74, 6) is 0. The topological polar surface area (TPSA) is 47.6 Å². The predicted molar refractivity (Wildman–Crippen MR) is 72.4 cm³/mol. The summed E-state index contributed by atoms with van der Waals surface area (Å²) < 4.78 is 0. The third kappa shape index (κ3) is 615. The van der Waals surface area contributed by atoms with Crippen LogP contribution < -0.4 is 0 Å². The van der Waals surface area contributed by atoms with E-state index in [-0.39, 0.29) is 0 Å². The normalized spacial score (nSPS) is 4.38. The maximum absolute atomic E-state index is 7.51. The lowest BCUT2D eigenvalue weighted by Gasteiger charge is -1.44. The monoisotopic (exact) mass is 214 g/mol. The van der Waals surface area contributed by atoms with E-state index in [9.17, 15) is 0 Å². The SMILES string of the molecule is C=CC#N.C=CC#N.C=CC=C.C=CC=C. The van der Waals surface area contributed by atoms with E-state index in [0.717, 1.165) is 0 Å². The summed E-state index contributed by atoms with van der Waals surface area (Å²) in [6, 6.07) is 3.39. The minimum atomic E-state index is 1.18. The minimum absolute atomic E-state index is 1.18. The van der Waals surface area contributed by atoms with Crippen LogP contribution in [-0.4, -0.2) is 0 Å². The molecule has 16 heavy (non-hydrogen) atoms. The number of nitrogens with zero attached hydrogens (tertiary/aromatic N) is 2. The van der Waals surface area contributed by atoms with Crippen LogP contribution in [0.15, 0.2) is 75.9 Å². The van der Waals surface area contributed by atoms with Crippen molar-refractivity contribution in [2.24, 2.45) is 0 Å². The zero-order valence-corrected chi connectivity index (χ0v) is 9.60. The van der Waals surface area contributed by atoms with Crippen molar-refractivity contribution < 1.29 is 0 Å². The van der Waals surface area contributed by atoms with E-state index < -0.39 is 0 Å². The molecule has 0 aromatic rings. The third-order valence-electron chi connectivity index (χ3n) is 0.516. The van der Waals surface area contributed by atoms with Gasteiger partial charge in [-0.2, -0.15) is 10.5 Å². The zero-order valence-electron chi connectivity index (χ0n) is 9.60. The highest BCUT2D eigenvalue weighted by molar-refractivity contribution is 4.94. The Morgan fingerprint density at radius 2 is 0.688 bits per heavy atom. The largest absolute Gasteiger partial charge is 0.193 e. The molecule has 0 bridgehead atoms. The lowest BCUT2D eigenvalue weighted by molar-refractivity contribution is 1.54. The van der Waals surface area contributed by atoms with Crippen molar-refractivity contribution in [3.8, 4) is 12.1 Å². The fraction of sp³-hybridized carbons (Fsp3) is 0. The van der Waals surface area contributed by atoms with Gasteiger partial charge < -0.3 is 0 Å². The molecule has 0 aliphatic carbocycles. The molecule has 0 aromatic carbocycles. The maximum Gasteiger partial charge on any atom is 0.0905 e. The number of hydrogen-bond donors (Lipinski definition) is 0. The summed E-state index contributed by atoms with van der Waals surface area (Å²) in [5, 5.41) is 15.0. The number of allylic oxidation sites excluding steroid dienone is 6. The summed E-state index contributed by atoms with van der Waals surface area (Å²) in [6.07, 6.45) is 8.92. The summed E-state index contributed by atoms with van der Waals surface area (Å²) in [5.41, 5.74) is 0. The first-order valence-electron chi connectivity index (χ1n) is 4.14. The molecule has 2 heteroatoms. The van der Waals surface area contributed by atoms with E-state index in [1.165, 1.54) is 12.2 Å².